The lowest BCUT2D eigenvalue weighted by atomic mass is 10.0. The molecule has 2 nitrogen and oxygen atoms in total. The Bertz CT molecular complexity index is 848. The molecule has 22 heavy (non-hydrogen) atoms. The summed E-state index contributed by atoms with van der Waals surface area (Å²) in [6.07, 6.45) is -0.503. The zero-order valence-corrected chi connectivity index (χ0v) is 12.0. The molecule has 1 aromatic heterocycles. The van der Waals surface area contributed by atoms with Gasteiger partial charge in [0.15, 0.2) is 0 Å². The Hall–Kier alpha value is -2.19. The first-order valence-electron chi connectivity index (χ1n) is 6.50. The van der Waals surface area contributed by atoms with Crippen LogP contribution in [0.4, 0.5) is 13.2 Å². The zero-order chi connectivity index (χ0) is 15.7. The first kappa shape index (κ1) is 14.7. The first-order valence-corrected chi connectivity index (χ1v) is 6.87. The molecule has 0 unspecified atom stereocenters. The first-order chi connectivity index (χ1) is 10.4. The van der Waals surface area contributed by atoms with Gasteiger partial charge in [-0.15, -0.1) is 0 Å². The molecular formula is C16H10ClF3N2. The molecule has 0 amide bonds. The van der Waals surface area contributed by atoms with Gasteiger partial charge in [-0.1, -0.05) is 23.4 Å². The van der Waals surface area contributed by atoms with Crippen molar-refractivity contribution >= 4 is 34.3 Å². The van der Waals surface area contributed by atoms with Crippen LogP contribution in [-0.2, 0) is 6.18 Å². The number of nitrogens with one attached hydrogen (secondary N) is 1. The van der Waals surface area contributed by atoms with Crippen LogP contribution in [0.15, 0.2) is 29.3 Å². The minimum atomic E-state index is -4.41. The standard InChI is InChI=1S/C16H10ClF3N2/c17-13-9-14-11(8-15(22-14)16(18,19)20)7-12(13)10-3-1-2-5-21-6-4-10/h4,6-9,22H,3,5H2/b10-4+,21-6?. The van der Waals surface area contributed by atoms with E-state index in [9.17, 15) is 13.2 Å². The minimum Gasteiger partial charge on any atom is -0.351 e. The van der Waals surface area contributed by atoms with Crippen LogP contribution in [0.2, 0.25) is 5.02 Å². The maximum absolute atomic E-state index is 12.8. The summed E-state index contributed by atoms with van der Waals surface area (Å²) in [5, 5.41) is 0.838. The van der Waals surface area contributed by atoms with Gasteiger partial charge in [0.2, 0.25) is 0 Å². The molecule has 0 saturated carbocycles. The number of fused-ring (bicyclic) bond motifs is 1. The van der Waals surface area contributed by atoms with Crippen molar-refractivity contribution in [2.45, 2.75) is 12.6 Å². The van der Waals surface area contributed by atoms with Crippen molar-refractivity contribution in [2.24, 2.45) is 4.99 Å². The van der Waals surface area contributed by atoms with Crippen molar-refractivity contribution in [3.63, 3.8) is 0 Å². The lowest BCUT2D eigenvalue weighted by Crippen LogP contribution is -2.04. The Labute approximate surface area is 129 Å². The van der Waals surface area contributed by atoms with Crippen LogP contribution in [0, 0.1) is 11.8 Å². The van der Waals surface area contributed by atoms with Crippen LogP contribution < -0.4 is 0 Å². The van der Waals surface area contributed by atoms with Gasteiger partial charge in [0.1, 0.15) is 5.69 Å². The maximum Gasteiger partial charge on any atom is 0.431 e. The number of nitrogens with zero attached hydrogens (tertiary/aromatic N) is 1. The molecule has 1 N–H and O–H groups in total. The second-order valence-corrected chi connectivity index (χ2v) is 5.22. The number of aliphatic imine (C=N–C) groups is 1. The van der Waals surface area contributed by atoms with E-state index in [1.807, 2.05) is 0 Å². The summed E-state index contributed by atoms with van der Waals surface area (Å²) in [4.78, 5) is 6.41. The molecule has 3 rings (SSSR count). The van der Waals surface area contributed by atoms with Crippen LogP contribution in [-0.4, -0.2) is 17.7 Å². The summed E-state index contributed by atoms with van der Waals surface area (Å²) in [6, 6.07) is 4.23. The number of allylic oxidation sites excluding steroid dienone is 2. The van der Waals surface area contributed by atoms with Gasteiger partial charge in [-0.05, 0) is 35.4 Å². The fraction of sp³-hybridized carbons (Fsp3) is 0.188. The average Bonchev–Trinajstić information content (AvgIpc) is 2.80. The molecule has 0 atom stereocenters. The van der Waals surface area contributed by atoms with Gasteiger partial charge in [-0.2, -0.15) is 13.2 Å². The molecule has 0 radical (unpaired) electrons. The highest BCUT2D eigenvalue weighted by Gasteiger charge is 2.32. The van der Waals surface area contributed by atoms with E-state index in [4.69, 9.17) is 11.6 Å². The number of alkyl halides is 3. The van der Waals surface area contributed by atoms with Crippen LogP contribution in [0.25, 0.3) is 16.5 Å². The number of aromatic amines is 1. The highest BCUT2D eigenvalue weighted by atomic mass is 35.5. The Morgan fingerprint density at radius 1 is 1.18 bits per heavy atom. The second kappa shape index (κ2) is 5.54. The third-order valence-corrected chi connectivity index (χ3v) is 3.63. The maximum atomic E-state index is 12.8. The average molecular weight is 323 g/mol. The van der Waals surface area contributed by atoms with Crippen molar-refractivity contribution < 1.29 is 13.2 Å². The van der Waals surface area contributed by atoms with Gasteiger partial charge in [-0.25, -0.2) is 0 Å². The normalized spacial score (nSPS) is 17.4. The van der Waals surface area contributed by atoms with Crippen molar-refractivity contribution in [3.8, 4) is 11.8 Å². The fourth-order valence-corrected chi connectivity index (χ4v) is 2.54. The molecule has 0 spiro atoms. The smallest absolute Gasteiger partial charge is 0.351 e. The lowest BCUT2D eigenvalue weighted by Gasteiger charge is -2.07. The van der Waals surface area contributed by atoms with Crippen LogP contribution >= 0.6 is 11.6 Å². The van der Waals surface area contributed by atoms with Gasteiger partial charge < -0.3 is 4.98 Å². The number of benzene rings is 1. The van der Waals surface area contributed by atoms with Gasteiger partial charge in [0.05, 0.1) is 11.6 Å². The second-order valence-electron chi connectivity index (χ2n) is 4.81. The number of hydrogen-bond acceptors (Lipinski definition) is 1. The SMILES string of the molecule is FC(F)(F)c1cc2cc(/C3=C/C=NCC#CC3)c(Cl)cc2[nH]1. The van der Waals surface area contributed by atoms with Crippen molar-refractivity contribution in [1.82, 2.24) is 4.98 Å². The van der Waals surface area contributed by atoms with Gasteiger partial charge >= 0.3 is 6.18 Å². The van der Waals surface area contributed by atoms with E-state index >= 15 is 0 Å². The third kappa shape index (κ3) is 2.88. The Kier molecular flexibility index (Phi) is 3.71. The highest BCUT2D eigenvalue weighted by molar-refractivity contribution is 6.33. The van der Waals surface area contributed by atoms with Gasteiger partial charge in [0.25, 0.3) is 0 Å². The highest BCUT2D eigenvalue weighted by Crippen LogP contribution is 2.35. The molecule has 0 aliphatic carbocycles. The van der Waals surface area contributed by atoms with Crippen molar-refractivity contribution in [1.29, 1.82) is 0 Å². The number of H-pyrrole nitrogens is 1. The summed E-state index contributed by atoms with van der Waals surface area (Å²) < 4.78 is 38.3. The summed E-state index contributed by atoms with van der Waals surface area (Å²) in [6.45, 7) is 0.448. The van der Waals surface area contributed by atoms with E-state index in [2.05, 4.69) is 21.8 Å². The molecule has 2 heterocycles. The fourth-order valence-electron chi connectivity index (χ4n) is 2.25. The van der Waals surface area contributed by atoms with Crippen molar-refractivity contribution in [3.05, 3.63) is 40.6 Å². The van der Waals surface area contributed by atoms with E-state index in [1.165, 1.54) is 6.07 Å². The molecule has 1 aliphatic rings. The quantitative estimate of drug-likeness (QED) is 0.737. The molecule has 6 heteroatoms. The number of halogens is 4. The number of aromatic nitrogens is 1. The Morgan fingerprint density at radius 3 is 2.77 bits per heavy atom. The predicted molar refractivity (Wildman–Crippen MR) is 82.0 cm³/mol. The molecule has 1 aromatic carbocycles. The Balaban J connectivity index is 2.11. The van der Waals surface area contributed by atoms with E-state index < -0.39 is 11.9 Å². The van der Waals surface area contributed by atoms with E-state index in [0.29, 0.717) is 34.5 Å². The lowest BCUT2D eigenvalue weighted by molar-refractivity contribution is -0.140. The molecular weight excluding hydrogens is 313 g/mol. The number of rotatable bonds is 1. The summed E-state index contributed by atoms with van der Waals surface area (Å²) in [5.41, 5.74) is 1.07. The third-order valence-electron chi connectivity index (χ3n) is 3.32. The van der Waals surface area contributed by atoms with Gasteiger partial charge in [-0.3, -0.25) is 4.99 Å². The molecule has 0 saturated heterocycles. The van der Waals surface area contributed by atoms with Crippen LogP contribution in [0.1, 0.15) is 17.7 Å². The van der Waals surface area contributed by atoms with E-state index in [-0.39, 0.29) is 0 Å². The molecule has 0 fully saturated rings. The molecule has 0 bridgehead atoms. The van der Waals surface area contributed by atoms with Crippen LogP contribution in [0.5, 0.6) is 0 Å². The van der Waals surface area contributed by atoms with Crippen LogP contribution in [0.3, 0.4) is 0 Å². The summed E-state index contributed by atoms with van der Waals surface area (Å²) in [7, 11) is 0. The monoisotopic (exact) mass is 322 g/mol. The topological polar surface area (TPSA) is 28.1 Å². The van der Waals surface area contributed by atoms with E-state index in [0.717, 1.165) is 11.6 Å². The zero-order valence-electron chi connectivity index (χ0n) is 11.3. The predicted octanol–water partition coefficient (Wildman–Crippen LogP) is 4.70. The molecule has 1 aliphatic heterocycles. The number of hydrogen-bond donors (Lipinski definition) is 1. The van der Waals surface area contributed by atoms with Gasteiger partial charge in [0, 0.05) is 23.5 Å². The van der Waals surface area contributed by atoms with Crippen molar-refractivity contribution in [2.75, 3.05) is 6.54 Å². The van der Waals surface area contributed by atoms with E-state index in [1.54, 1.807) is 18.4 Å². The molecule has 112 valence electrons. The summed E-state index contributed by atoms with van der Waals surface area (Å²) >= 11 is 6.22. The largest absolute Gasteiger partial charge is 0.431 e. The molecule has 2 aromatic rings. The Morgan fingerprint density at radius 2 is 2.00 bits per heavy atom. The summed E-state index contributed by atoms with van der Waals surface area (Å²) in [5.74, 6) is 5.84. The minimum absolute atomic E-state index is 0.354.